The molecule has 1 aromatic carbocycles. The van der Waals surface area contributed by atoms with E-state index in [4.69, 9.17) is 19.7 Å². The first-order valence-electron chi connectivity index (χ1n) is 7.21. The molecule has 1 aliphatic rings. The molecule has 1 aliphatic heterocycles. The number of carbonyl (C=O) groups excluding carboxylic acids is 1. The number of azide groups is 1. The Morgan fingerprint density at radius 1 is 1.43 bits per heavy atom. The van der Waals surface area contributed by atoms with Crippen molar-refractivity contribution in [2.24, 2.45) is 11.0 Å². The first kappa shape index (κ1) is 17.2. The zero-order valence-electron chi connectivity index (χ0n) is 12.9. The van der Waals surface area contributed by atoms with Gasteiger partial charge in [0.1, 0.15) is 12.7 Å². The molecule has 0 spiro atoms. The molecule has 1 N–H and O–H groups in total. The second-order valence-corrected chi connectivity index (χ2v) is 5.29. The van der Waals surface area contributed by atoms with Gasteiger partial charge in [0.2, 0.25) is 0 Å². The summed E-state index contributed by atoms with van der Waals surface area (Å²) in [5.74, 6) is -0.898. The first-order valence-corrected chi connectivity index (χ1v) is 7.21. The predicted octanol–water partition coefficient (Wildman–Crippen LogP) is 1.89. The van der Waals surface area contributed by atoms with Crippen LogP contribution in [0.1, 0.15) is 17.3 Å². The number of nitrogens with zero attached hydrogens (tertiary/aromatic N) is 3. The van der Waals surface area contributed by atoms with E-state index in [-0.39, 0.29) is 6.61 Å². The largest absolute Gasteiger partial charge is 0.459 e. The summed E-state index contributed by atoms with van der Waals surface area (Å²) in [6, 6.07) is 7.89. The molecule has 8 nitrogen and oxygen atoms in total. The summed E-state index contributed by atoms with van der Waals surface area (Å²) in [6.45, 7) is 1.60. The summed E-state index contributed by atoms with van der Waals surface area (Å²) < 4.78 is 15.9. The van der Waals surface area contributed by atoms with Gasteiger partial charge in [-0.15, -0.1) is 0 Å². The molecule has 1 heterocycles. The molecule has 0 aromatic heterocycles. The van der Waals surface area contributed by atoms with Crippen LogP contribution in [0.3, 0.4) is 0 Å². The summed E-state index contributed by atoms with van der Waals surface area (Å²) in [4.78, 5) is 14.7. The van der Waals surface area contributed by atoms with Gasteiger partial charge in [-0.3, -0.25) is 0 Å². The van der Waals surface area contributed by atoms with E-state index in [2.05, 4.69) is 10.0 Å². The number of esters is 1. The Labute approximate surface area is 133 Å². The van der Waals surface area contributed by atoms with Gasteiger partial charge in [0.15, 0.2) is 6.29 Å². The third-order valence-corrected chi connectivity index (χ3v) is 3.85. The molecule has 1 fully saturated rings. The van der Waals surface area contributed by atoms with Crippen molar-refractivity contribution in [2.75, 3.05) is 13.7 Å². The Morgan fingerprint density at radius 2 is 2.13 bits per heavy atom. The van der Waals surface area contributed by atoms with Crippen LogP contribution < -0.4 is 0 Å². The average Bonchev–Trinajstić information content (AvgIpc) is 2.59. The molecule has 0 aliphatic carbocycles. The van der Waals surface area contributed by atoms with Crippen molar-refractivity contribution in [2.45, 2.75) is 31.5 Å². The van der Waals surface area contributed by atoms with E-state index in [1.165, 1.54) is 7.11 Å². The van der Waals surface area contributed by atoms with E-state index >= 15 is 0 Å². The Balaban J connectivity index is 2.00. The summed E-state index contributed by atoms with van der Waals surface area (Å²) >= 11 is 0. The lowest BCUT2D eigenvalue weighted by Gasteiger charge is -2.40. The van der Waals surface area contributed by atoms with E-state index in [0.29, 0.717) is 5.56 Å². The Hall–Kier alpha value is -2.12. The minimum absolute atomic E-state index is 0.123. The van der Waals surface area contributed by atoms with Crippen LogP contribution in [0.15, 0.2) is 35.4 Å². The molecule has 1 aromatic rings. The lowest BCUT2D eigenvalue weighted by Crippen LogP contribution is -2.54. The number of methoxy groups -OCH3 is 1. The van der Waals surface area contributed by atoms with Crippen LogP contribution in [-0.2, 0) is 14.2 Å². The van der Waals surface area contributed by atoms with Gasteiger partial charge in [0.05, 0.1) is 17.7 Å². The highest BCUT2D eigenvalue weighted by atomic mass is 16.7. The SMILES string of the molecule is COC1OC(COC(=O)c2ccccc2)C(O)[C@H](C)[C@@H]1N=[N+]=[N-]. The van der Waals surface area contributed by atoms with Gasteiger partial charge >= 0.3 is 5.97 Å². The van der Waals surface area contributed by atoms with Gasteiger partial charge in [-0.2, -0.15) is 0 Å². The maximum atomic E-state index is 11.9. The Bertz CT molecular complexity index is 574. The lowest BCUT2D eigenvalue weighted by atomic mass is 9.89. The van der Waals surface area contributed by atoms with Gasteiger partial charge < -0.3 is 19.3 Å². The van der Waals surface area contributed by atoms with Crippen LogP contribution in [0.25, 0.3) is 10.4 Å². The highest BCUT2D eigenvalue weighted by Crippen LogP contribution is 2.29. The van der Waals surface area contributed by atoms with E-state index in [1.54, 1.807) is 37.3 Å². The molecule has 5 atom stereocenters. The zero-order valence-corrected chi connectivity index (χ0v) is 12.9. The molecule has 3 unspecified atom stereocenters. The van der Waals surface area contributed by atoms with Crippen LogP contribution in [0.5, 0.6) is 0 Å². The number of benzene rings is 1. The second-order valence-electron chi connectivity index (χ2n) is 5.29. The first-order chi connectivity index (χ1) is 11.1. The zero-order chi connectivity index (χ0) is 16.8. The molecule has 0 radical (unpaired) electrons. The molecule has 8 heteroatoms. The minimum Gasteiger partial charge on any atom is -0.459 e. The van der Waals surface area contributed by atoms with Crippen LogP contribution in [-0.4, -0.2) is 49.3 Å². The second kappa shape index (κ2) is 7.94. The maximum Gasteiger partial charge on any atom is 0.338 e. The van der Waals surface area contributed by atoms with Crippen LogP contribution in [0, 0.1) is 5.92 Å². The molecule has 124 valence electrons. The van der Waals surface area contributed by atoms with Crippen molar-refractivity contribution in [3.63, 3.8) is 0 Å². The van der Waals surface area contributed by atoms with Crippen LogP contribution >= 0.6 is 0 Å². The van der Waals surface area contributed by atoms with E-state index in [0.717, 1.165) is 0 Å². The van der Waals surface area contributed by atoms with Gasteiger partial charge in [-0.1, -0.05) is 30.2 Å². The highest BCUT2D eigenvalue weighted by molar-refractivity contribution is 5.89. The third kappa shape index (κ3) is 4.00. The van der Waals surface area contributed by atoms with E-state index in [9.17, 15) is 9.90 Å². The highest BCUT2D eigenvalue weighted by Gasteiger charge is 2.43. The summed E-state index contributed by atoms with van der Waals surface area (Å²) in [5, 5.41) is 13.9. The number of hydrogen-bond donors (Lipinski definition) is 1. The summed E-state index contributed by atoms with van der Waals surface area (Å²) in [5.41, 5.74) is 9.02. The Morgan fingerprint density at radius 3 is 2.74 bits per heavy atom. The molecule has 23 heavy (non-hydrogen) atoms. The van der Waals surface area contributed by atoms with Crippen molar-refractivity contribution in [1.82, 2.24) is 0 Å². The van der Waals surface area contributed by atoms with E-state index < -0.39 is 36.4 Å². The smallest absolute Gasteiger partial charge is 0.338 e. The average molecular weight is 321 g/mol. The molecule has 2 rings (SSSR count). The van der Waals surface area contributed by atoms with Crippen LogP contribution in [0.4, 0.5) is 0 Å². The predicted molar refractivity (Wildman–Crippen MR) is 80.5 cm³/mol. The number of aliphatic hydroxyl groups excluding tert-OH is 1. The number of ether oxygens (including phenoxy) is 3. The quantitative estimate of drug-likeness (QED) is 0.385. The van der Waals surface area contributed by atoms with Gasteiger partial charge in [0, 0.05) is 12.0 Å². The fraction of sp³-hybridized carbons (Fsp3) is 0.533. The third-order valence-electron chi connectivity index (χ3n) is 3.85. The standard InChI is InChI=1S/C15H19N3O5/c1-9-12(17-18-16)15(21-2)23-11(13(9)19)8-22-14(20)10-6-4-3-5-7-10/h3-7,9,11-13,15,19H,8H2,1-2H3/t9-,11?,12+,13?,15?/m1/s1. The van der Waals surface area contributed by atoms with Gasteiger partial charge in [-0.05, 0) is 23.6 Å². The fourth-order valence-electron chi connectivity index (χ4n) is 2.49. The molecule has 1 saturated heterocycles. The molecular formula is C15H19N3O5. The van der Waals surface area contributed by atoms with Gasteiger partial charge in [0.25, 0.3) is 0 Å². The summed E-state index contributed by atoms with van der Waals surface area (Å²) in [7, 11) is 1.42. The number of hydrogen-bond acceptors (Lipinski definition) is 6. The molecule has 0 saturated carbocycles. The van der Waals surface area contributed by atoms with Crippen molar-refractivity contribution in [3.8, 4) is 0 Å². The number of carbonyl (C=O) groups is 1. The monoisotopic (exact) mass is 321 g/mol. The summed E-state index contributed by atoms with van der Waals surface area (Å²) in [6.07, 6.45) is -2.50. The molecule has 0 amide bonds. The molecule has 0 bridgehead atoms. The lowest BCUT2D eigenvalue weighted by molar-refractivity contribution is -0.243. The normalized spacial score (nSPS) is 30.3. The topological polar surface area (TPSA) is 114 Å². The van der Waals surface area contributed by atoms with Crippen molar-refractivity contribution in [1.29, 1.82) is 0 Å². The Kier molecular flexibility index (Phi) is 5.95. The number of aliphatic hydroxyl groups is 1. The minimum atomic E-state index is -0.944. The van der Waals surface area contributed by atoms with Crippen molar-refractivity contribution >= 4 is 5.97 Å². The van der Waals surface area contributed by atoms with Crippen molar-refractivity contribution < 1.29 is 24.1 Å². The number of rotatable bonds is 5. The van der Waals surface area contributed by atoms with E-state index in [1.807, 2.05) is 0 Å². The van der Waals surface area contributed by atoms with Gasteiger partial charge in [-0.25, -0.2) is 4.79 Å². The van der Waals surface area contributed by atoms with Crippen LogP contribution in [0.2, 0.25) is 0 Å². The maximum absolute atomic E-state index is 11.9. The fourth-order valence-corrected chi connectivity index (χ4v) is 2.49. The van der Waals surface area contributed by atoms with Crippen molar-refractivity contribution in [3.05, 3.63) is 46.3 Å². The molecular weight excluding hydrogens is 302 g/mol.